The Hall–Kier alpha value is -7.42. The van der Waals surface area contributed by atoms with Crippen molar-refractivity contribution in [3.8, 4) is 33.4 Å². The molecule has 1 aromatic heterocycles. The van der Waals surface area contributed by atoms with E-state index in [1.807, 2.05) is 12.1 Å². The van der Waals surface area contributed by atoms with Crippen LogP contribution in [0.25, 0.3) is 87.6 Å². The second-order valence-corrected chi connectivity index (χ2v) is 16.5. The van der Waals surface area contributed by atoms with Gasteiger partial charge in [0.05, 0.1) is 5.69 Å². The number of fused-ring (bicyclic) bond motifs is 9. The maximum atomic E-state index is 6.30. The molecule has 1 heterocycles. The van der Waals surface area contributed by atoms with Gasteiger partial charge in [0.2, 0.25) is 0 Å². The Labute approximate surface area is 343 Å². The number of hydrogen-bond donors (Lipinski definition) is 0. The summed E-state index contributed by atoms with van der Waals surface area (Å²) < 4.78 is 6.30. The van der Waals surface area contributed by atoms with Crippen molar-refractivity contribution in [1.82, 2.24) is 0 Å². The fourth-order valence-electron chi connectivity index (χ4n) is 9.87. The van der Waals surface area contributed by atoms with Crippen molar-refractivity contribution in [2.24, 2.45) is 0 Å². The molecule has 2 heteroatoms. The number of benzene rings is 10. The topological polar surface area (TPSA) is 16.4 Å². The van der Waals surface area contributed by atoms with Crippen LogP contribution in [0.15, 0.2) is 205 Å². The van der Waals surface area contributed by atoms with E-state index < -0.39 is 0 Å². The molecular formula is C57H39NO. The predicted octanol–water partition coefficient (Wildman–Crippen LogP) is 16.2. The van der Waals surface area contributed by atoms with E-state index in [4.69, 9.17) is 4.42 Å². The van der Waals surface area contributed by atoms with Crippen molar-refractivity contribution in [3.05, 3.63) is 211 Å². The highest BCUT2D eigenvalue weighted by Gasteiger charge is 2.36. The van der Waals surface area contributed by atoms with E-state index in [0.29, 0.717) is 0 Å². The molecule has 12 rings (SSSR count). The SMILES string of the molecule is CC1(C)c2ccc(N(c3ccc(-c4ccc5c(c4)oc4ccccc45)cc3)c3ccc4ccccc4c3-c3cccc4ccccc34)cc2-c2cc3ccccc3cc21. The van der Waals surface area contributed by atoms with Crippen LogP contribution in [0, 0.1) is 0 Å². The quantitative estimate of drug-likeness (QED) is 0.174. The number of furan rings is 1. The Balaban J connectivity index is 1.08. The summed E-state index contributed by atoms with van der Waals surface area (Å²) in [5.41, 5.74) is 15.1. The lowest BCUT2D eigenvalue weighted by Gasteiger charge is -2.30. The molecule has 0 saturated carbocycles. The molecule has 0 unspecified atom stereocenters. The molecule has 0 saturated heterocycles. The van der Waals surface area contributed by atoms with E-state index >= 15 is 0 Å². The first-order chi connectivity index (χ1) is 29.0. The normalized spacial score (nSPS) is 13.1. The van der Waals surface area contributed by atoms with Crippen LogP contribution in [0.3, 0.4) is 0 Å². The fraction of sp³-hybridized carbons (Fsp3) is 0.0526. The molecule has 0 bridgehead atoms. The number of nitrogens with zero attached hydrogens (tertiary/aromatic N) is 1. The predicted molar refractivity (Wildman–Crippen MR) is 249 cm³/mol. The molecule has 0 aliphatic heterocycles. The molecule has 11 aromatic rings. The van der Waals surface area contributed by atoms with Crippen molar-refractivity contribution < 1.29 is 4.42 Å². The van der Waals surface area contributed by atoms with Gasteiger partial charge in [-0.1, -0.05) is 153 Å². The molecule has 2 nitrogen and oxygen atoms in total. The minimum absolute atomic E-state index is 0.127. The standard InChI is InChI=1S/C57H39NO/c1-57(2)51-30-28-43(35-50(51)49-32-39-14-3-4-15-40(39)33-52(49)57)58(42-26-22-36(23-27-42)41-24-29-47-46-19-9-10-21-54(46)59-55(47)34-41)53-31-25-38-13-6-8-18-45(38)56(53)48-20-11-16-37-12-5-7-17-44(37)48/h3-35H,1-2H3. The minimum Gasteiger partial charge on any atom is -0.456 e. The van der Waals surface area contributed by atoms with Crippen LogP contribution in [0.5, 0.6) is 0 Å². The summed E-state index contributed by atoms with van der Waals surface area (Å²) in [5, 5.41) is 9.73. The molecule has 0 N–H and O–H groups in total. The number of hydrogen-bond acceptors (Lipinski definition) is 2. The molecular weight excluding hydrogens is 715 g/mol. The molecule has 0 radical (unpaired) electrons. The van der Waals surface area contributed by atoms with Gasteiger partial charge in [-0.15, -0.1) is 0 Å². The van der Waals surface area contributed by atoms with Gasteiger partial charge in [-0.25, -0.2) is 0 Å². The van der Waals surface area contributed by atoms with Crippen LogP contribution in [0.4, 0.5) is 17.1 Å². The highest BCUT2D eigenvalue weighted by molar-refractivity contribution is 6.12. The van der Waals surface area contributed by atoms with Gasteiger partial charge in [-0.3, -0.25) is 0 Å². The van der Waals surface area contributed by atoms with E-state index in [2.05, 4.69) is 207 Å². The largest absolute Gasteiger partial charge is 0.456 e. The molecule has 0 spiro atoms. The van der Waals surface area contributed by atoms with Gasteiger partial charge in [0.1, 0.15) is 11.2 Å². The van der Waals surface area contributed by atoms with Crippen molar-refractivity contribution in [2.75, 3.05) is 4.90 Å². The first-order valence-corrected chi connectivity index (χ1v) is 20.5. The number of para-hydroxylation sites is 1. The van der Waals surface area contributed by atoms with Crippen LogP contribution in [-0.4, -0.2) is 0 Å². The molecule has 278 valence electrons. The van der Waals surface area contributed by atoms with Crippen molar-refractivity contribution in [3.63, 3.8) is 0 Å². The third-order valence-electron chi connectivity index (χ3n) is 12.8. The maximum Gasteiger partial charge on any atom is 0.136 e. The van der Waals surface area contributed by atoms with E-state index in [-0.39, 0.29) is 5.41 Å². The summed E-state index contributed by atoms with van der Waals surface area (Å²) in [6.45, 7) is 4.74. The third kappa shape index (κ3) is 5.20. The second kappa shape index (κ2) is 12.8. The van der Waals surface area contributed by atoms with E-state index in [9.17, 15) is 0 Å². The Morgan fingerprint density at radius 1 is 0.373 bits per heavy atom. The van der Waals surface area contributed by atoms with Gasteiger partial charge < -0.3 is 9.32 Å². The molecule has 1 aliphatic carbocycles. The lowest BCUT2D eigenvalue weighted by Crippen LogP contribution is -2.15. The average molecular weight is 754 g/mol. The zero-order valence-corrected chi connectivity index (χ0v) is 32.9. The van der Waals surface area contributed by atoms with Crippen LogP contribution < -0.4 is 4.90 Å². The van der Waals surface area contributed by atoms with E-state index in [1.165, 1.54) is 65.7 Å². The fourth-order valence-corrected chi connectivity index (χ4v) is 9.87. The van der Waals surface area contributed by atoms with Crippen LogP contribution in [-0.2, 0) is 5.41 Å². The second-order valence-electron chi connectivity index (χ2n) is 16.5. The smallest absolute Gasteiger partial charge is 0.136 e. The summed E-state index contributed by atoms with van der Waals surface area (Å²) in [5.74, 6) is 0. The molecule has 0 amide bonds. The van der Waals surface area contributed by atoms with Crippen LogP contribution in [0.1, 0.15) is 25.0 Å². The van der Waals surface area contributed by atoms with Crippen molar-refractivity contribution in [1.29, 1.82) is 0 Å². The maximum absolute atomic E-state index is 6.30. The zero-order chi connectivity index (χ0) is 39.2. The lowest BCUT2D eigenvalue weighted by molar-refractivity contribution is 0.661. The molecule has 10 aromatic carbocycles. The summed E-state index contributed by atoms with van der Waals surface area (Å²) in [6, 6.07) is 73.4. The Kier molecular flexibility index (Phi) is 7.31. The summed E-state index contributed by atoms with van der Waals surface area (Å²) in [4.78, 5) is 2.47. The number of rotatable bonds is 5. The van der Waals surface area contributed by atoms with Gasteiger partial charge in [-0.05, 0) is 132 Å². The van der Waals surface area contributed by atoms with Gasteiger partial charge in [-0.2, -0.15) is 0 Å². The zero-order valence-electron chi connectivity index (χ0n) is 32.9. The molecule has 0 atom stereocenters. The van der Waals surface area contributed by atoms with Crippen molar-refractivity contribution >= 4 is 71.3 Å². The van der Waals surface area contributed by atoms with Gasteiger partial charge in [0.15, 0.2) is 0 Å². The average Bonchev–Trinajstić information content (AvgIpc) is 3.76. The van der Waals surface area contributed by atoms with Crippen LogP contribution in [0.2, 0.25) is 0 Å². The lowest BCUT2D eigenvalue weighted by atomic mass is 9.82. The summed E-state index contributed by atoms with van der Waals surface area (Å²) in [7, 11) is 0. The molecule has 0 fully saturated rings. The Morgan fingerprint density at radius 2 is 0.983 bits per heavy atom. The first-order valence-electron chi connectivity index (χ1n) is 20.5. The minimum atomic E-state index is -0.127. The van der Waals surface area contributed by atoms with E-state index in [0.717, 1.165) is 50.1 Å². The van der Waals surface area contributed by atoms with Crippen molar-refractivity contribution in [2.45, 2.75) is 19.3 Å². The van der Waals surface area contributed by atoms with Gasteiger partial charge in [0, 0.05) is 33.1 Å². The van der Waals surface area contributed by atoms with Gasteiger partial charge >= 0.3 is 0 Å². The molecule has 59 heavy (non-hydrogen) atoms. The summed E-state index contributed by atoms with van der Waals surface area (Å²) >= 11 is 0. The van der Waals surface area contributed by atoms with E-state index in [1.54, 1.807) is 0 Å². The third-order valence-corrected chi connectivity index (χ3v) is 12.8. The molecule has 1 aliphatic rings. The summed E-state index contributed by atoms with van der Waals surface area (Å²) in [6.07, 6.45) is 0. The first kappa shape index (κ1) is 33.7. The Bertz CT molecular complexity index is 3470. The highest BCUT2D eigenvalue weighted by atomic mass is 16.3. The number of anilines is 3. The van der Waals surface area contributed by atoms with Gasteiger partial charge in [0.25, 0.3) is 0 Å². The monoisotopic (exact) mass is 753 g/mol. The van der Waals surface area contributed by atoms with Crippen LogP contribution >= 0.6 is 0 Å². The highest BCUT2D eigenvalue weighted by Crippen LogP contribution is 2.53. The Morgan fingerprint density at radius 3 is 1.80 bits per heavy atom.